The molecule has 3 rings (SSSR count). The number of hydrogen-bond donors (Lipinski definition) is 2. The first kappa shape index (κ1) is 19.4. The van der Waals surface area contributed by atoms with E-state index < -0.39 is 0 Å². The topological polar surface area (TPSA) is 58.2 Å². The van der Waals surface area contributed by atoms with Gasteiger partial charge in [0.25, 0.3) is 5.91 Å². The third kappa shape index (κ3) is 4.87. The van der Waals surface area contributed by atoms with Crippen molar-refractivity contribution in [2.45, 2.75) is 32.6 Å². The zero-order chi connectivity index (χ0) is 19.2. The zero-order valence-corrected chi connectivity index (χ0v) is 16.6. The van der Waals surface area contributed by atoms with Crippen LogP contribution in [0.25, 0.3) is 10.1 Å². The molecule has 0 radical (unpaired) electrons. The molecule has 3 aromatic rings. The molecule has 0 unspecified atom stereocenters. The van der Waals surface area contributed by atoms with E-state index in [1.165, 1.54) is 11.3 Å². The van der Waals surface area contributed by atoms with E-state index in [1.807, 2.05) is 24.3 Å². The predicted molar refractivity (Wildman–Crippen MR) is 114 cm³/mol. The number of benzene rings is 2. The highest BCUT2D eigenvalue weighted by atomic mass is 35.5. The van der Waals surface area contributed by atoms with Gasteiger partial charge in [-0.05, 0) is 30.7 Å². The summed E-state index contributed by atoms with van der Waals surface area (Å²) in [5, 5.41) is 7.08. The maximum absolute atomic E-state index is 12.6. The largest absolute Gasteiger partial charge is 0.326 e. The highest BCUT2D eigenvalue weighted by Crippen LogP contribution is 2.35. The van der Waals surface area contributed by atoms with Crippen LogP contribution in [0.15, 0.2) is 48.5 Å². The van der Waals surface area contributed by atoms with Crippen LogP contribution in [-0.4, -0.2) is 11.8 Å². The molecule has 0 saturated heterocycles. The van der Waals surface area contributed by atoms with E-state index in [-0.39, 0.29) is 11.8 Å². The molecule has 0 aliphatic carbocycles. The quantitative estimate of drug-likeness (QED) is 0.455. The smallest absolute Gasteiger partial charge is 0.267 e. The summed E-state index contributed by atoms with van der Waals surface area (Å²) in [4.78, 5) is 25.1. The number of anilines is 2. The van der Waals surface area contributed by atoms with Crippen LogP contribution in [0.4, 0.5) is 11.4 Å². The van der Waals surface area contributed by atoms with Crippen LogP contribution < -0.4 is 10.6 Å². The maximum Gasteiger partial charge on any atom is 0.267 e. The molecule has 140 valence electrons. The van der Waals surface area contributed by atoms with Gasteiger partial charge in [0.05, 0.1) is 5.02 Å². The summed E-state index contributed by atoms with van der Waals surface area (Å²) >= 11 is 7.73. The highest BCUT2D eigenvalue weighted by Gasteiger charge is 2.17. The normalized spacial score (nSPS) is 10.7. The van der Waals surface area contributed by atoms with Crippen LogP contribution >= 0.6 is 22.9 Å². The SMILES string of the molecule is CCCCCC(=O)Nc1cccc(NC(=O)c2sc3ccccc3c2Cl)c1. The summed E-state index contributed by atoms with van der Waals surface area (Å²) in [5.41, 5.74) is 1.27. The fourth-order valence-electron chi connectivity index (χ4n) is 2.78. The van der Waals surface area contributed by atoms with E-state index in [0.717, 1.165) is 29.3 Å². The molecule has 1 aromatic heterocycles. The second-order valence-corrected chi connectivity index (χ2v) is 7.71. The minimum atomic E-state index is -0.257. The van der Waals surface area contributed by atoms with Gasteiger partial charge in [-0.3, -0.25) is 9.59 Å². The van der Waals surface area contributed by atoms with Gasteiger partial charge in [-0.25, -0.2) is 0 Å². The average Bonchev–Trinajstić information content (AvgIpc) is 2.99. The Morgan fingerprint density at radius 1 is 1.00 bits per heavy atom. The van der Waals surface area contributed by atoms with E-state index >= 15 is 0 Å². The molecule has 4 nitrogen and oxygen atoms in total. The Hall–Kier alpha value is -2.37. The predicted octanol–water partition coefficient (Wildman–Crippen LogP) is 6.33. The zero-order valence-electron chi connectivity index (χ0n) is 15.0. The van der Waals surface area contributed by atoms with Crippen molar-refractivity contribution in [3.63, 3.8) is 0 Å². The molecule has 1 heterocycles. The molecule has 2 N–H and O–H groups in total. The van der Waals surface area contributed by atoms with Gasteiger partial charge in [-0.1, -0.05) is 55.6 Å². The molecule has 0 spiro atoms. The number of rotatable bonds is 7. The minimum absolute atomic E-state index is 0.0144. The van der Waals surface area contributed by atoms with Gasteiger partial charge in [0.15, 0.2) is 0 Å². The van der Waals surface area contributed by atoms with Crippen LogP contribution in [0.2, 0.25) is 5.02 Å². The number of thiophene rings is 1. The maximum atomic E-state index is 12.6. The van der Waals surface area contributed by atoms with E-state index in [1.54, 1.807) is 24.3 Å². The summed E-state index contributed by atoms with van der Waals surface area (Å²) in [6, 6.07) is 14.8. The van der Waals surface area contributed by atoms with Crippen LogP contribution in [0, 0.1) is 0 Å². The standard InChI is InChI=1S/C21H21ClN2O2S/c1-2-3-4-12-18(25)23-14-8-7-9-15(13-14)24-21(26)20-19(22)16-10-5-6-11-17(16)27-20/h5-11,13H,2-4,12H2,1H3,(H,23,25)(H,24,26). The van der Waals surface area contributed by atoms with Gasteiger partial charge >= 0.3 is 0 Å². The van der Waals surface area contributed by atoms with Crippen molar-refractivity contribution in [2.75, 3.05) is 10.6 Å². The van der Waals surface area contributed by atoms with Gasteiger partial charge in [0.2, 0.25) is 5.91 Å². The third-order valence-electron chi connectivity index (χ3n) is 4.15. The molecular weight excluding hydrogens is 380 g/mol. The number of nitrogens with one attached hydrogen (secondary N) is 2. The molecular formula is C21H21ClN2O2S. The lowest BCUT2D eigenvalue weighted by Crippen LogP contribution is -2.13. The lowest BCUT2D eigenvalue weighted by Gasteiger charge is -2.08. The number of fused-ring (bicyclic) bond motifs is 1. The second-order valence-electron chi connectivity index (χ2n) is 6.28. The monoisotopic (exact) mass is 400 g/mol. The lowest BCUT2D eigenvalue weighted by atomic mass is 10.2. The van der Waals surface area contributed by atoms with Crippen molar-refractivity contribution in [1.82, 2.24) is 0 Å². The summed E-state index contributed by atoms with van der Waals surface area (Å²) in [5.74, 6) is -0.271. The summed E-state index contributed by atoms with van der Waals surface area (Å²) in [6.45, 7) is 2.10. The summed E-state index contributed by atoms with van der Waals surface area (Å²) < 4.78 is 0.973. The fraction of sp³-hybridized carbons (Fsp3) is 0.238. The molecule has 0 bridgehead atoms. The van der Waals surface area contributed by atoms with Gasteiger partial charge in [0.1, 0.15) is 4.88 Å². The third-order valence-corrected chi connectivity index (χ3v) is 5.83. The van der Waals surface area contributed by atoms with Crippen molar-refractivity contribution in [3.8, 4) is 0 Å². The number of halogens is 1. The van der Waals surface area contributed by atoms with E-state index in [9.17, 15) is 9.59 Å². The van der Waals surface area contributed by atoms with E-state index in [2.05, 4.69) is 17.6 Å². The second kappa shape index (κ2) is 9.02. The molecule has 2 aromatic carbocycles. The molecule has 0 atom stereocenters. The van der Waals surface area contributed by atoms with Crippen molar-refractivity contribution in [3.05, 3.63) is 58.4 Å². The first-order valence-corrected chi connectivity index (χ1v) is 10.2. The Morgan fingerprint density at radius 3 is 2.48 bits per heavy atom. The van der Waals surface area contributed by atoms with Crippen molar-refractivity contribution in [1.29, 1.82) is 0 Å². The Morgan fingerprint density at radius 2 is 1.74 bits per heavy atom. The summed E-state index contributed by atoms with van der Waals surface area (Å²) in [6.07, 6.45) is 3.50. The van der Waals surface area contributed by atoms with Crippen molar-refractivity contribution < 1.29 is 9.59 Å². The van der Waals surface area contributed by atoms with Gasteiger partial charge in [0, 0.05) is 27.9 Å². The number of carbonyl (C=O) groups excluding carboxylic acids is 2. The number of hydrogen-bond acceptors (Lipinski definition) is 3. The Balaban J connectivity index is 1.69. The molecule has 0 aliphatic rings. The minimum Gasteiger partial charge on any atom is -0.326 e. The van der Waals surface area contributed by atoms with Gasteiger partial charge in [-0.2, -0.15) is 0 Å². The van der Waals surface area contributed by atoms with Crippen LogP contribution in [0.3, 0.4) is 0 Å². The van der Waals surface area contributed by atoms with Crippen LogP contribution in [-0.2, 0) is 4.79 Å². The Kier molecular flexibility index (Phi) is 6.48. The summed E-state index contributed by atoms with van der Waals surface area (Å²) in [7, 11) is 0. The number of unbranched alkanes of at least 4 members (excludes halogenated alkanes) is 2. The molecule has 6 heteroatoms. The van der Waals surface area contributed by atoms with Gasteiger partial charge < -0.3 is 10.6 Å². The van der Waals surface area contributed by atoms with Crippen LogP contribution in [0.1, 0.15) is 42.3 Å². The fourth-order valence-corrected chi connectivity index (χ4v) is 4.19. The first-order chi connectivity index (χ1) is 13.1. The number of carbonyl (C=O) groups is 2. The van der Waals surface area contributed by atoms with Crippen molar-refractivity contribution >= 4 is 56.2 Å². The van der Waals surface area contributed by atoms with Crippen molar-refractivity contribution in [2.24, 2.45) is 0 Å². The molecule has 2 amide bonds. The Bertz CT molecular complexity index is 968. The van der Waals surface area contributed by atoms with Crippen LogP contribution in [0.5, 0.6) is 0 Å². The van der Waals surface area contributed by atoms with E-state index in [0.29, 0.717) is 27.7 Å². The highest BCUT2D eigenvalue weighted by molar-refractivity contribution is 7.21. The first-order valence-electron chi connectivity index (χ1n) is 8.96. The Labute approximate surface area is 167 Å². The van der Waals surface area contributed by atoms with E-state index in [4.69, 9.17) is 11.6 Å². The molecule has 0 aliphatic heterocycles. The molecule has 0 fully saturated rings. The average molecular weight is 401 g/mol. The molecule has 27 heavy (non-hydrogen) atoms. The lowest BCUT2D eigenvalue weighted by molar-refractivity contribution is -0.116. The number of amides is 2. The molecule has 0 saturated carbocycles. The van der Waals surface area contributed by atoms with Gasteiger partial charge in [-0.15, -0.1) is 11.3 Å².